The van der Waals surface area contributed by atoms with Crippen molar-refractivity contribution >= 4 is 48.7 Å². The number of hydrogen-bond acceptors (Lipinski definition) is 2. The largest absolute Gasteiger partial charge is 0.405 e. The van der Waals surface area contributed by atoms with Crippen LogP contribution in [0.25, 0.3) is 70.9 Å². The lowest BCUT2D eigenvalue weighted by atomic mass is 9.83. The average molecular weight is 593 g/mol. The summed E-state index contributed by atoms with van der Waals surface area (Å²) in [5.74, 6) is 0. The summed E-state index contributed by atoms with van der Waals surface area (Å²) in [6.45, 7) is 4.00. The monoisotopic (exact) mass is 592 g/mol. The van der Waals surface area contributed by atoms with Crippen LogP contribution in [0.5, 0.6) is 0 Å². The standard InChI is InChI=1S/C44H36N2/c1-3-13-41(44(46)29(4-2)26-27-45)35-24-25-40(34-17-8-7-16-33(34)35)43-38-20-11-9-18-36(38)42(37-19-10-12-21-39(37)43)32-23-22-30-14-5-6-15-31(30)28-32/h3-28H,45-46H2,1-2H3/b13-3-,27-26-,29-4+,44-41+. The molecule has 2 nitrogen and oxygen atoms in total. The molecule has 0 spiro atoms. The fourth-order valence-electron chi connectivity index (χ4n) is 6.92. The van der Waals surface area contributed by atoms with Crippen LogP contribution in [0.2, 0.25) is 0 Å². The number of nitrogens with two attached hydrogens (primary N) is 2. The molecule has 0 fully saturated rings. The number of hydrogen-bond donors (Lipinski definition) is 2. The zero-order valence-electron chi connectivity index (χ0n) is 26.2. The fourth-order valence-corrected chi connectivity index (χ4v) is 6.92. The van der Waals surface area contributed by atoms with Gasteiger partial charge in [-0.3, -0.25) is 0 Å². The first kappa shape index (κ1) is 28.9. The van der Waals surface area contributed by atoms with E-state index in [9.17, 15) is 0 Å². The summed E-state index contributed by atoms with van der Waals surface area (Å²) in [4.78, 5) is 0. The zero-order valence-corrected chi connectivity index (χ0v) is 26.2. The number of rotatable bonds is 6. The van der Waals surface area contributed by atoms with E-state index in [0.29, 0.717) is 5.70 Å². The topological polar surface area (TPSA) is 52.0 Å². The molecule has 0 saturated carbocycles. The Morgan fingerprint density at radius 3 is 1.72 bits per heavy atom. The number of fused-ring (bicyclic) bond motifs is 4. The first-order valence-electron chi connectivity index (χ1n) is 15.8. The van der Waals surface area contributed by atoms with Crippen molar-refractivity contribution in [3.8, 4) is 22.3 Å². The van der Waals surface area contributed by atoms with Gasteiger partial charge in [0.15, 0.2) is 0 Å². The minimum Gasteiger partial charge on any atom is -0.405 e. The molecule has 222 valence electrons. The highest BCUT2D eigenvalue weighted by atomic mass is 14.6. The van der Waals surface area contributed by atoms with Gasteiger partial charge in [0.05, 0.1) is 0 Å². The molecule has 0 aliphatic heterocycles. The molecule has 0 atom stereocenters. The molecule has 0 aromatic heterocycles. The Hall–Kier alpha value is -5.86. The summed E-state index contributed by atoms with van der Waals surface area (Å²) >= 11 is 0. The van der Waals surface area contributed by atoms with Crippen LogP contribution in [0.1, 0.15) is 19.4 Å². The van der Waals surface area contributed by atoms with Crippen molar-refractivity contribution in [1.29, 1.82) is 0 Å². The minimum atomic E-state index is 0.691. The third-order valence-electron chi connectivity index (χ3n) is 8.97. The number of benzene rings is 7. The van der Waals surface area contributed by atoms with Gasteiger partial charge >= 0.3 is 0 Å². The van der Waals surface area contributed by atoms with E-state index in [0.717, 1.165) is 22.1 Å². The van der Waals surface area contributed by atoms with E-state index >= 15 is 0 Å². The smallest absolute Gasteiger partial charge is 0.0464 e. The van der Waals surface area contributed by atoms with Gasteiger partial charge in [-0.15, -0.1) is 0 Å². The molecule has 7 aromatic rings. The molecule has 7 aromatic carbocycles. The van der Waals surface area contributed by atoms with Gasteiger partial charge in [-0.2, -0.15) is 0 Å². The van der Waals surface area contributed by atoms with Crippen LogP contribution in [-0.4, -0.2) is 0 Å². The molecule has 0 amide bonds. The minimum absolute atomic E-state index is 0.691. The van der Waals surface area contributed by atoms with E-state index in [1.54, 1.807) is 0 Å². The Bertz CT molecular complexity index is 2350. The van der Waals surface area contributed by atoms with Gasteiger partial charge in [-0.1, -0.05) is 140 Å². The molecule has 0 heterocycles. The molecular formula is C44H36N2. The van der Waals surface area contributed by atoms with Crippen LogP contribution in [0, 0.1) is 0 Å². The summed E-state index contributed by atoms with van der Waals surface area (Å²) < 4.78 is 0. The van der Waals surface area contributed by atoms with Crippen LogP contribution in [-0.2, 0) is 0 Å². The lowest BCUT2D eigenvalue weighted by Gasteiger charge is -2.20. The van der Waals surface area contributed by atoms with E-state index < -0.39 is 0 Å². The van der Waals surface area contributed by atoms with Crippen LogP contribution < -0.4 is 11.5 Å². The van der Waals surface area contributed by atoms with E-state index in [-0.39, 0.29) is 0 Å². The Morgan fingerprint density at radius 1 is 0.543 bits per heavy atom. The maximum atomic E-state index is 6.83. The van der Waals surface area contributed by atoms with Crippen LogP contribution in [0.15, 0.2) is 169 Å². The Labute approximate surface area is 270 Å². The summed E-state index contributed by atoms with van der Waals surface area (Å²) in [5, 5.41) is 9.76. The molecule has 2 heteroatoms. The summed E-state index contributed by atoms with van der Waals surface area (Å²) in [5.41, 5.74) is 21.2. The second-order valence-electron chi connectivity index (χ2n) is 11.5. The molecule has 0 aliphatic carbocycles. The highest BCUT2D eigenvalue weighted by molar-refractivity contribution is 6.24. The molecule has 0 unspecified atom stereocenters. The summed E-state index contributed by atoms with van der Waals surface area (Å²) in [7, 11) is 0. The summed E-state index contributed by atoms with van der Waals surface area (Å²) in [6, 6.07) is 46.2. The second-order valence-corrected chi connectivity index (χ2v) is 11.5. The van der Waals surface area contributed by atoms with E-state index in [4.69, 9.17) is 11.5 Å². The molecule has 4 N–H and O–H groups in total. The average Bonchev–Trinajstić information content (AvgIpc) is 3.11. The van der Waals surface area contributed by atoms with Crippen LogP contribution in [0.3, 0.4) is 0 Å². The maximum absolute atomic E-state index is 6.83. The van der Waals surface area contributed by atoms with Crippen LogP contribution >= 0.6 is 0 Å². The fraction of sp³-hybridized carbons (Fsp3) is 0.0455. The van der Waals surface area contributed by atoms with Gasteiger partial charge in [0.2, 0.25) is 0 Å². The molecule has 0 radical (unpaired) electrons. The molecule has 0 aliphatic rings. The zero-order chi connectivity index (χ0) is 31.6. The third kappa shape index (κ3) is 4.85. The van der Waals surface area contributed by atoms with Gasteiger partial charge in [0.25, 0.3) is 0 Å². The number of allylic oxidation sites excluding steroid dienone is 5. The first-order valence-corrected chi connectivity index (χ1v) is 15.8. The van der Waals surface area contributed by atoms with Gasteiger partial charge < -0.3 is 11.5 Å². The van der Waals surface area contributed by atoms with Crippen molar-refractivity contribution in [3.63, 3.8) is 0 Å². The molecule has 0 saturated heterocycles. The van der Waals surface area contributed by atoms with Crippen molar-refractivity contribution < 1.29 is 0 Å². The highest BCUT2D eigenvalue weighted by Gasteiger charge is 2.19. The van der Waals surface area contributed by atoms with Gasteiger partial charge in [-0.05, 0) is 109 Å². The quantitative estimate of drug-likeness (QED) is 0.149. The Balaban J connectivity index is 1.55. The Morgan fingerprint density at radius 2 is 1.11 bits per heavy atom. The maximum Gasteiger partial charge on any atom is 0.0464 e. The van der Waals surface area contributed by atoms with Crippen molar-refractivity contribution in [2.24, 2.45) is 11.5 Å². The van der Waals surface area contributed by atoms with E-state index in [1.807, 2.05) is 32.1 Å². The van der Waals surface area contributed by atoms with E-state index in [1.165, 1.54) is 66.2 Å². The van der Waals surface area contributed by atoms with Crippen molar-refractivity contribution in [1.82, 2.24) is 0 Å². The van der Waals surface area contributed by atoms with E-state index in [2.05, 4.69) is 133 Å². The van der Waals surface area contributed by atoms with Crippen molar-refractivity contribution in [2.75, 3.05) is 0 Å². The SMILES string of the molecule is C\C=C/C(=C(N)/C(/C=C\N)=C/C)c1ccc(-c2c3ccccc3c(-c3ccc4ccccc4c3)c3ccccc23)c2ccccc12. The van der Waals surface area contributed by atoms with Gasteiger partial charge in [0.1, 0.15) is 0 Å². The van der Waals surface area contributed by atoms with Crippen molar-refractivity contribution in [3.05, 3.63) is 175 Å². The molecule has 7 rings (SSSR count). The van der Waals surface area contributed by atoms with Gasteiger partial charge in [-0.25, -0.2) is 0 Å². The van der Waals surface area contributed by atoms with Crippen molar-refractivity contribution in [2.45, 2.75) is 13.8 Å². The molecule has 46 heavy (non-hydrogen) atoms. The lowest BCUT2D eigenvalue weighted by Crippen LogP contribution is -2.04. The second kappa shape index (κ2) is 12.3. The highest BCUT2D eigenvalue weighted by Crippen LogP contribution is 2.46. The third-order valence-corrected chi connectivity index (χ3v) is 8.97. The predicted octanol–water partition coefficient (Wildman–Crippen LogP) is 11.3. The predicted molar refractivity (Wildman–Crippen MR) is 200 cm³/mol. The first-order chi connectivity index (χ1) is 22.6. The lowest BCUT2D eigenvalue weighted by molar-refractivity contribution is 1.33. The molecular weight excluding hydrogens is 556 g/mol. The molecule has 0 bridgehead atoms. The Kier molecular flexibility index (Phi) is 7.70. The normalized spacial score (nSPS) is 13.0. The van der Waals surface area contributed by atoms with Gasteiger partial charge in [0, 0.05) is 11.3 Å². The van der Waals surface area contributed by atoms with Crippen LogP contribution in [0.4, 0.5) is 0 Å². The summed E-state index contributed by atoms with van der Waals surface area (Å²) in [6.07, 6.45) is 9.51.